The van der Waals surface area contributed by atoms with Crippen molar-refractivity contribution in [2.45, 2.75) is 25.4 Å². The summed E-state index contributed by atoms with van der Waals surface area (Å²) in [6.07, 6.45) is 1.87. The number of rotatable bonds is 6. The summed E-state index contributed by atoms with van der Waals surface area (Å²) in [6.45, 7) is 0.742. The number of piperidine rings is 1. The zero-order valence-corrected chi connectivity index (χ0v) is 17.4. The Morgan fingerprint density at radius 2 is 1.93 bits per heavy atom. The van der Waals surface area contributed by atoms with E-state index in [0.29, 0.717) is 29.4 Å². The molecule has 0 bridgehead atoms. The molecule has 0 aromatic heterocycles. The van der Waals surface area contributed by atoms with Crippen LogP contribution in [0.1, 0.15) is 30.9 Å². The predicted octanol–water partition coefficient (Wildman–Crippen LogP) is 3.30. The van der Waals surface area contributed by atoms with Gasteiger partial charge in [-0.2, -0.15) is 0 Å². The SMILES string of the molecule is CO[C@@H](CNC(=O)C(=O)Nc1cccc(N2CCCCC2=O)c1)c1ccccc1Cl. The number of carbonyl (C=O) groups is 3. The van der Waals surface area contributed by atoms with Crippen LogP contribution >= 0.6 is 11.6 Å². The Kier molecular flexibility index (Phi) is 7.43. The van der Waals surface area contributed by atoms with Crippen LogP contribution in [0.3, 0.4) is 0 Å². The number of amides is 3. The lowest BCUT2D eigenvalue weighted by Crippen LogP contribution is -2.38. The molecule has 1 heterocycles. The van der Waals surface area contributed by atoms with Crippen LogP contribution in [0.2, 0.25) is 5.02 Å². The van der Waals surface area contributed by atoms with Crippen LogP contribution in [0, 0.1) is 0 Å². The Balaban J connectivity index is 1.59. The summed E-state index contributed by atoms with van der Waals surface area (Å²) < 4.78 is 5.39. The molecule has 8 heteroatoms. The molecule has 1 aliphatic heterocycles. The highest BCUT2D eigenvalue weighted by Crippen LogP contribution is 2.25. The minimum absolute atomic E-state index is 0.0626. The third-order valence-corrected chi connectivity index (χ3v) is 5.27. The fourth-order valence-electron chi connectivity index (χ4n) is 3.34. The molecule has 158 valence electrons. The molecule has 0 radical (unpaired) electrons. The van der Waals surface area contributed by atoms with Gasteiger partial charge in [-0.15, -0.1) is 0 Å². The van der Waals surface area contributed by atoms with Crippen LogP contribution < -0.4 is 15.5 Å². The first-order chi connectivity index (χ1) is 14.5. The van der Waals surface area contributed by atoms with Crippen molar-refractivity contribution < 1.29 is 19.1 Å². The van der Waals surface area contributed by atoms with Gasteiger partial charge in [-0.05, 0) is 37.1 Å². The maximum absolute atomic E-state index is 12.3. The zero-order valence-electron chi connectivity index (χ0n) is 16.7. The van der Waals surface area contributed by atoms with Gasteiger partial charge in [0.05, 0.1) is 0 Å². The monoisotopic (exact) mass is 429 g/mol. The van der Waals surface area contributed by atoms with Gasteiger partial charge in [-0.25, -0.2) is 0 Å². The van der Waals surface area contributed by atoms with E-state index in [4.69, 9.17) is 16.3 Å². The number of methoxy groups -OCH3 is 1. The molecule has 1 saturated heterocycles. The zero-order chi connectivity index (χ0) is 21.5. The van der Waals surface area contributed by atoms with Gasteiger partial charge in [0, 0.05) is 48.6 Å². The number of carbonyl (C=O) groups excluding carboxylic acids is 3. The maximum Gasteiger partial charge on any atom is 0.313 e. The molecule has 0 spiro atoms. The van der Waals surface area contributed by atoms with Crippen molar-refractivity contribution in [2.75, 3.05) is 30.4 Å². The standard InChI is InChI=1S/C22H24ClN3O4/c1-30-19(17-9-2-3-10-18(17)23)14-24-21(28)22(29)25-15-7-6-8-16(13-15)26-12-5-4-11-20(26)27/h2-3,6-10,13,19H,4-5,11-12,14H2,1H3,(H,24,28)(H,25,29)/t19-/m0/s1. The van der Waals surface area contributed by atoms with Gasteiger partial charge in [0.1, 0.15) is 6.10 Å². The summed E-state index contributed by atoms with van der Waals surface area (Å²) in [4.78, 5) is 38.4. The fourth-order valence-corrected chi connectivity index (χ4v) is 3.60. The van der Waals surface area contributed by atoms with E-state index >= 15 is 0 Å². The van der Waals surface area contributed by atoms with Gasteiger partial charge in [0.25, 0.3) is 0 Å². The topological polar surface area (TPSA) is 87.7 Å². The fraction of sp³-hybridized carbons (Fsp3) is 0.318. The second-order valence-corrected chi connectivity index (χ2v) is 7.37. The van der Waals surface area contributed by atoms with Crippen molar-refractivity contribution in [3.63, 3.8) is 0 Å². The second-order valence-electron chi connectivity index (χ2n) is 6.96. The van der Waals surface area contributed by atoms with Gasteiger partial charge in [0.15, 0.2) is 0 Å². The van der Waals surface area contributed by atoms with Crippen LogP contribution in [0.5, 0.6) is 0 Å². The van der Waals surface area contributed by atoms with Gasteiger partial charge in [0.2, 0.25) is 5.91 Å². The maximum atomic E-state index is 12.3. The van der Waals surface area contributed by atoms with Crippen LogP contribution in [-0.2, 0) is 19.1 Å². The summed E-state index contributed by atoms with van der Waals surface area (Å²) in [5.74, 6) is -1.53. The largest absolute Gasteiger partial charge is 0.375 e. The van der Waals surface area contributed by atoms with Crippen LogP contribution in [0.15, 0.2) is 48.5 Å². The summed E-state index contributed by atoms with van der Waals surface area (Å²) in [5, 5.41) is 5.66. The average molecular weight is 430 g/mol. The van der Waals surface area contributed by atoms with E-state index in [2.05, 4.69) is 10.6 Å². The number of hydrogen-bond donors (Lipinski definition) is 2. The van der Waals surface area contributed by atoms with Gasteiger partial charge < -0.3 is 20.3 Å². The lowest BCUT2D eigenvalue weighted by Gasteiger charge is -2.27. The van der Waals surface area contributed by atoms with Crippen molar-refractivity contribution in [3.8, 4) is 0 Å². The van der Waals surface area contributed by atoms with E-state index in [0.717, 1.165) is 18.4 Å². The second kappa shape index (κ2) is 10.2. The third kappa shape index (κ3) is 5.37. The average Bonchev–Trinajstić information content (AvgIpc) is 2.75. The number of halogens is 1. The number of anilines is 2. The first-order valence-corrected chi connectivity index (χ1v) is 10.1. The molecule has 0 unspecified atom stereocenters. The van der Waals surface area contributed by atoms with Crippen molar-refractivity contribution >= 4 is 40.7 Å². The molecule has 30 heavy (non-hydrogen) atoms. The molecule has 3 amide bonds. The third-order valence-electron chi connectivity index (χ3n) is 4.93. The highest BCUT2D eigenvalue weighted by Gasteiger charge is 2.21. The molecular formula is C22H24ClN3O4. The molecule has 1 fully saturated rings. The van der Waals surface area contributed by atoms with E-state index in [-0.39, 0.29) is 12.5 Å². The van der Waals surface area contributed by atoms with E-state index in [1.165, 1.54) is 7.11 Å². The molecule has 1 aliphatic rings. The van der Waals surface area contributed by atoms with E-state index < -0.39 is 17.9 Å². The number of ether oxygens (including phenoxy) is 1. The number of nitrogens with zero attached hydrogens (tertiary/aromatic N) is 1. The quantitative estimate of drug-likeness (QED) is 0.689. The predicted molar refractivity (Wildman–Crippen MR) is 115 cm³/mol. The van der Waals surface area contributed by atoms with Crippen molar-refractivity contribution in [2.24, 2.45) is 0 Å². The normalized spacial score (nSPS) is 14.9. The van der Waals surface area contributed by atoms with E-state index in [1.807, 2.05) is 12.1 Å². The Morgan fingerprint density at radius 3 is 2.67 bits per heavy atom. The number of hydrogen-bond acceptors (Lipinski definition) is 4. The summed E-state index contributed by atoms with van der Waals surface area (Å²) in [5.41, 5.74) is 1.87. The summed E-state index contributed by atoms with van der Waals surface area (Å²) in [6, 6.07) is 14.1. The van der Waals surface area contributed by atoms with Crippen LogP contribution in [-0.4, -0.2) is 37.9 Å². The molecule has 0 saturated carbocycles. The smallest absolute Gasteiger partial charge is 0.313 e. The first-order valence-electron chi connectivity index (χ1n) is 9.76. The molecular weight excluding hydrogens is 406 g/mol. The van der Waals surface area contributed by atoms with Gasteiger partial charge in [-0.3, -0.25) is 14.4 Å². The van der Waals surface area contributed by atoms with Crippen molar-refractivity contribution in [1.82, 2.24) is 5.32 Å². The number of benzene rings is 2. The van der Waals surface area contributed by atoms with E-state index in [9.17, 15) is 14.4 Å². The summed E-state index contributed by atoms with van der Waals surface area (Å²) in [7, 11) is 1.51. The molecule has 2 aromatic carbocycles. The molecule has 2 aromatic rings. The minimum atomic E-state index is -0.800. The molecule has 7 nitrogen and oxygen atoms in total. The lowest BCUT2D eigenvalue weighted by atomic mass is 10.1. The highest BCUT2D eigenvalue weighted by molar-refractivity contribution is 6.39. The Labute approximate surface area is 180 Å². The Morgan fingerprint density at radius 1 is 1.13 bits per heavy atom. The van der Waals surface area contributed by atoms with E-state index in [1.54, 1.807) is 41.3 Å². The van der Waals surface area contributed by atoms with Crippen molar-refractivity contribution in [3.05, 3.63) is 59.1 Å². The Bertz CT molecular complexity index is 934. The lowest BCUT2D eigenvalue weighted by molar-refractivity contribution is -0.136. The van der Waals surface area contributed by atoms with Crippen LogP contribution in [0.25, 0.3) is 0 Å². The highest BCUT2D eigenvalue weighted by atomic mass is 35.5. The molecule has 1 atom stereocenters. The number of nitrogens with one attached hydrogen (secondary N) is 2. The minimum Gasteiger partial charge on any atom is -0.375 e. The Hall–Kier alpha value is -2.90. The van der Waals surface area contributed by atoms with Crippen molar-refractivity contribution in [1.29, 1.82) is 0 Å². The molecule has 0 aliphatic carbocycles. The summed E-state index contributed by atoms with van der Waals surface area (Å²) >= 11 is 6.17. The molecule has 2 N–H and O–H groups in total. The van der Waals surface area contributed by atoms with Crippen LogP contribution in [0.4, 0.5) is 11.4 Å². The van der Waals surface area contributed by atoms with Gasteiger partial charge in [-0.1, -0.05) is 35.9 Å². The molecule has 3 rings (SSSR count). The first kappa shape index (κ1) is 21.8. The van der Waals surface area contributed by atoms with Gasteiger partial charge >= 0.3 is 11.8 Å².